The summed E-state index contributed by atoms with van der Waals surface area (Å²) in [4.78, 5) is 4.32. The van der Waals surface area contributed by atoms with Gasteiger partial charge >= 0.3 is 0 Å². The molecule has 0 saturated heterocycles. The molecular weight excluding hydrogens is 283 g/mol. The van der Waals surface area contributed by atoms with E-state index < -0.39 is 0 Å². The van der Waals surface area contributed by atoms with Crippen LogP contribution in [0.2, 0.25) is 0 Å². The third kappa shape index (κ3) is 2.79. The third-order valence-electron chi connectivity index (χ3n) is 3.40. The van der Waals surface area contributed by atoms with E-state index in [0.29, 0.717) is 18.1 Å². The molecule has 0 radical (unpaired) electrons. The number of nitrogens with zero attached hydrogens (tertiary/aromatic N) is 4. The van der Waals surface area contributed by atoms with Crippen LogP contribution in [0.4, 0.5) is 10.2 Å². The summed E-state index contributed by atoms with van der Waals surface area (Å²) in [6, 6.07) is 8.32. The van der Waals surface area contributed by atoms with Gasteiger partial charge in [-0.05, 0) is 42.3 Å². The van der Waals surface area contributed by atoms with E-state index in [0.717, 1.165) is 16.7 Å². The Kier molecular flexibility index (Phi) is 3.80. The van der Waals surface area contributed by atoms with Crippen LogP contribution in [-0.4, -0.2) is 20.4 Å². The minimum absolute atomic E-state index is 0.258. The molecule has 3 rings (SSSR count). The van der Waals surface area contributed by atoms with Crippen molar-refractivity contribution in [2.45, 2.75) is 13.5 Å². The number of nitrogens with one attached hydrogen (secondary N) is 1. The summed E-state index contributed by atoms with van der Waals surface area (Å²) >= 11 is 0. The highest BCUT2D eigenvalue weighted by molar-refractivity contribution is 5.72. The molecule has 2 heterocycles. The number of H-pyrrole nitrogens is 1. The number of hydrogen-bond donors (Lipinski definition) is 2. The van der Waals surface area contributed by atoms with Crippen LogP contribution in [0.15, 0.2) is 42.7 Å². The minimum Gasteiger partial charge on any atom is -0.290 e. The average molecular weight is 298 g/mol. The van der Waals surface area contributed by atoms with E-state index in [1.165, 1.54) is 17.1 Å². The second kappa shape index (κ2) is 5.90. The molecule has 3 N–H and O–H groups in total. The number of benzene rings is 1. The molecule has 0 saturated carbocycles. The molecule has 0 aliphatic carbocycles. The topological polar surface area (TPSA) is 83.7 Å². The number of halogens is 1. The molecule has 3 aromatic rings. The Morgan fingerprint density at radius 3 is 2.91 bits per heavy atom. The van der Waals surface area contributed by atoms with Gasteiger partial charge in [0.2, 0.25) is 0 Å². The Bertz CT molecular complexity index is 771. The van der Waals surface area contributed by atoms with Crippen molar-refractivity contribution < 1.29 is 4.39 Å². The Morgan fingerprint density at radius 2 is 2.18 bits per heavy atom. The number of aromatic amines is 1. The van der Waals surface area contributed by atoms with Crippen LogP contribution in [-0.2, 0) is 6.54 Å². The fourth-order valence-corrected chi connectivity index (χ4v) is 2.25. The van der Waals surface area contributed by atoms with Crippen molar-refractivity contribution >= 4 is 5.82 Å². The van der Waals surface area contributed by atoms with Gasteiger partial charge in [0.05, 0.1) is 12.7 Å². The molecular formula is C15H15FN6. The van der Waals surface area contributed by atoms with Crippen molar-refractivity contribution in [3.8, 4) is 11.3 Å². The highest BCUT2D eigenvalue weighted by atomic mass is 19.1. The molecule has 2 aromatic heterocycles. The summed E-state index contributed by atoms with van der Waals surface area (Å²) in [6.45, 7) is 2.26. The van der Waals surface area contributed by atoms with Crippen LogP contribution < -0.4 is 10.9 Å². The first-order chi connectivity index (χ1) is 10.6. The van der Waals surface area contributed by atoms with Gasteiger partial charge in [0, 0.05) is 11.8 Å². The lowest BCUT2D eigenvalue weighted by Gasteiger charge is -2.20. The smallest absolute Gasteiger partial charge is 0.152 e. The molecule has 0 fully saturated rings. The third-order valence-corrected chi connectivity index (χ3v) is 3.40. The molecule has 7 heteroatoms. The predicted molar refractivity (Wildman–Crippen MR) is 81.1 cm³/mol. The molecule has 0 aliphatic heterocycles. The Balaban J connectivity index is 1.91. The van der Waals surface area contributed by atoms with E-state index >= 15 is 0 Å². The highest BCUT2D eigenvalue weighted by Crippen LogP contribution is 2.26. The minimum atomic E-state index is -0.258. The number of nitrogens with two attached hydrogens (primary N) is 1. The van der Waals surface area contributed by atoms with Gasteiger partial charge in [0.1, 0.15) is 11.5 Å². The average Bonchev–Trinajstić information content (AvgIpc) is 3.04. The molecule has 6 nitrogen and oxygen atoms in total. The maximum absolute atomic E-state index is 13.2. The number of aryl methyl sites for hydroxylation is 1. The number of pyridine rings is 1. The molecule has 22 heavy (non-hydrogen) atoms. The molecule has 0 spiro atoms. The lowest BCUT2D eigenvalue weighted by atomic mass is 10.1. The van der Waals surface area contributed by atoms with Crippen molar-refractivity contribution in [1.29, 1.82) is 0 Å². The normalized spacial score (nSPS) is 10.7. The number of aromatic nitrogens is 4. The lowest BCUT2D eigenvalue weighted by molar-refractivity contribution is 0.625. The number of anilines is 1. The van der Waals surface area contributed by atoms with Crippen LogP contribution in [0.5, 0.6) is 0 Å². The van der Waals surface area contributed by atoms with Gasteiger partial charge < -0.3 is 0 Å². The van der Waals surface area contributed by atoms with E-state index in [9.17, 15) is 4.39 Å². The zero-order valence-corrected chi connectivity index (χ0v) is 12.0. The van der Waals surface area contributed by atoms with Crippen LogP contribution in [0, 0.1) is 12.7 Å². The Labute approximate surface area is 126 Å². The van der Waals surface area contributed by atoms with Gasteiger partial charge in [-0.1, -0.05) is 6.07 Å². The maximum atomic E-state index is 13.2. The molecule has 0 bridgehead atoms. The van der Waals surface area contributed by atoms with E-state index in [4.69, 9.17) is 5.84 Å². The number of hydrogen-bond acceptors (Lipinski definition) is 5. The van der Waals surface area contributed by atoms with E-state index in [2.05, 4.69) is 20.4 Å². The first-order valence-electron chi connectivity index (χ1n) is 6.73. The Hall–Kier alpha value is -2.80. The van der Waals surface area contributed by atoms with Gasteiger partial charge in [-0.25, -0.2) is 15.2 Å². The van der Waals surface area contributed by atoms with Gasteiger partial charge in [0.15, 0.2) is 5.82 Å². The fourth-order valence-electron chi connectivity index (χ4n) is 2.25. The number of hydrazine groups is 1. The monoisotopic (exact) mass is 298 g/mol. The summed E-state index contributed by atoms with van der Waals surface area (Å²) in [5.74, 6) is 6.48. The van der Waals surface area contributed by atoms with Crippen molar-refractivity contribution in [3.63, 3.8) is 0 Å². The van der Waals surface area contributed by atoms with Crippen LogP contribution in [0.25, 0.3) is 11.3 Å². The summed E-state index contributed by atoms with van der Waals surface area (Å²) in [7, 11) is 0. The van der Waals surface area contributed by atoms with Crippen LogP contribution >= 0.6 is 0 Å². The Morgan fingerprint density at radius 1 is 1.32 bits per heavy atom. The van der Waals surface area contributed by atoms with Crippen molar-refractivity contribution in [2.75, 3.05) is 5.01 Å². The SMILES string of the molecule is Cc1cc(F)ccc1CN(N)c1ncccc1-c1cn[nH]n1. The van der Waals surface area contributed by atoms with E-state index in [1.54, 1.807) is 18.5 Å². The fraction of sp³-hybridized carbons (Fsp3) is 0.133. The van der Waals surface area contributed by atoms with Gasteiger partial charge in [-0.2, -0.15) is 15.4 Å². The molecule has 0 unspecified atom stereocenters. The van der Waals surface area contributed by atoms with Crippen molar-refractivity contribution in [3.05, 3.63) is 59.7 Å². The summed E-state index contributed by atoms with van der Waals surface area (Å²) < 4.78 is 13.2. The van der Waals surface area contributed by atoms with Gasteiger partial charge in [-0.3, -0.25) is 5.01 Å². The molecule has 1 aromatic carbocycles. The summed E-state index contributed by atoms with van der Waals surface area (Å²) in [5, 5.41) is 11.9. The number of rotatable bonds is 4. The second-order valence-electron chi connectivity index (χ2n) is 4.93. The standard InChI is InChI=1S/C15H15FN6/c1-10-7-12(16)5-4-11(10)9-22(17)15-13(3-2-6-18-15)14-8-19-21-20-14/h2-8H,9,17H2,1H3,(H,19,20,21). The zero-order chi connectivity index (χ0) is 15.5. The summed E-state index contributed by atoms with van der Waals surface area (Å²) in [5.41, 5.74) is 3.21. The predicted octanol–water partition coefficient (Wildman–Crippen LogP) is 2.19. The second-order valence-corrected chi connectivity index (χ2v) is 4.93. The van der Waals surface area contributed by atoms with Crippen LogP contribution in [0.3, 0.4) is 0 Å². The van der Waals surface area contributed by atoms with Crippen molar-refractivity contribution in [2.24, 2.45) is 5.84 Å². The first-order valence-corrected chi connectivity index (χ1v) is 6.73. The molecule has 0 aliphatic rings. The van der Waals surface area contributed by atoms with E-state index in [-0.39, 0.29) is 5.82 Å². The lowest BCUT2D eigenvalue weighted by Crippen LogP contribution is -2.31. The molecule has 0 atom stereocenters. The molecule has 112 valence electrons. The summed E-state index contributed by atoms with van der Waals surface area (Å²) in [6.07, 6.45) is 3.27. The quantitative estimate of drug-likeness (QED) is 0.570. The largest absolute Gasteiger partial charge is 0.290 e. The first kappa shape index (κ1) is 14.2. The zero-order valence-electron chi connectivity index (χ0n) is 12.0. The maximum Gasteiger partial charge on any atom is 0.152 e. The van der Waals surface area contributed by atoms with E-state index in [1.807, 2.05) is 19.1 Å². The van der Waals surface area contributed by atoms with Gasteiger partial charge in [-0.15, -0.1) is 0 Å². The van der Waals surface area contributed by atoms with Crippen molar-refractivity contribution in [1.82, 2.24) is 20.4 Å². The molecule has 0 amide bonds. The van der Waals surface area contributed by atoms with Crippen LogP contribution in [0.1, 0.15) is 11.1 Å². The van der Waals surface area contributed by atoms with Gasteiger partial charge in [0.25, 0.3) is 0 Å². The highest BCUT2D eigenvalue weighted by Gasteiger charge is 2.14.